The summed E-state index contributed by atoms with van der Waals surface area (Å²) in [6.07, 6.45) is 0.943. The maximum absolute atomic E-state index is 4.49. The van der Waals surface area contributed by atoms with Gasteiger partial charge in [-0.25, -0.2) is 0 Å². The van der Waals surface area contributed by atoms with E-state index in [1.807, 2.05) is 42.5 Å². The van der Waals surface area contributed by atoms with Crippen molar-refractivity contribution in [3.8, 4) is 22.8 Å². The van der Waals surface area contributed by atoms with Crippen LogP contribution in [0.1, 0.15) is 5.56 Å². The molecule has 3 heteroatoms. The fraction of sp³-hybridized carbons (Fsp3) is 0.0909. The molecule has 3 aromatic carbocycles. The smallest absolute Gasteiger partial charge is 0.164 e. The molecule has 0 aliphatic rings. The van der Waals surface area contributed by atoms with Gasteiger partial charge in [0.1, 0.15) is 0 Å². The number of benzene rings is 3. The topological polar surface area (TPSA) is 30.7 Å². The highest BCUT2D eigenvalue weighted by Gasteiger charge is 2.15. The number of rotatable bonds is 5. The van der Waals surface area contributed by atoms with Crippen LogP contribution in [0.25, 0.3) is 22.8 Å². The molecule has 4 rings (SSSR count). The second-order valence-electron chi connectivity index (χ2n) is 5.97. The Hall–Kier alpha value is -3.20. The van der Waals surface area contributed by atoms with Gasteiger partial charge in [0.15, 0.2) is 11.6 Å². The summed E-state index contributed by atoms with van der Waals surface area (Å²) in [4.78, 5) is 0. The minimum Gasteiger partial charge on any atom is -0.307 e. The largest absolute Gasteiger partial charge is 0.307 e. The van der Waals surface area contributed by atoms with Crippen LogP contribution < -0.4 is 0 Å². The first-order chi connectivity index (χ1) is 12.4. The van der Waals surface area contributed by atoms with E-state index in [1.165, 1.54) is 5.56 Å². The zero-order valence-corrected chi connectivity index (χ0v) is 13.9. The Labute approximate surface area is 147 Å². The van der Waals surface area contributed by atoms with Gasteiger partial charge >= 0.3 is 0 Å². The maximum Gasteiger partial charge on any atom is 0.164 e. The van der Waals surface area contributed by atoms with Crippen LogP contribution in [-0.4, -0.2) is 14.8 Å². The Balaban J connectivity index is 1.74. The van der Waals surface area contributed by atoms with Crippen LogP contribution in [0.15, 0.2) is 91.0 Å². The van der Waals surface area contributed by atoms with Crippen LogP contribution in [0.4, 0.5) is 0 Å². The molecule has 0 atom stereocenters. The Morgan fingerprint density at radius 2 is 1.00 bits per heavy atom. The predicted molar refractivity (Wildman–Crippen MR) is 101 cm³/mol. The Morgan fingerprint density at radius 3 is 1.48 bits per heavy atom. The van der Waals surface area contributed by atoms with Gasteiger partial charge in [-0.05, 0) is 12.0 Å². The van der Waals surface area contributed by atoms with Gasteiger partial charge in [-0.3, -0.25) is 0 Å². The minimum absolute atomic E-state index is 0.839. The van der Waals surface area contributed by atoms with Crippen LogP contribution in [0.5, 0.6) is 0 Å². The second-order valence-corrected chi connectivity index (χ2v) is 5.97. The number of aryl methyl sites for hydroxylation is 1. The maximum atomic E-state index is 4.49. The van der Waals surface area contributed by atoms with Crippen LogP contribution in [0.2, 0.25) is 0 Å². The summed E-state index contributed by atoms with van der Waals surface area (Å²) in [6.45, 7) is 0.839. The molecule has 0 aliphatic carbocycles. The molecule has 0 unspecified atom stereocenters. The van der Waals surface area contributed by atoms with Crippen molar-refractivity contribution in [3.05, 3.63) is 96.6 Å². The summed E-state index contributed by atoms with van der Waals surface area (Å²) in [5.74, 6) is 1.82. The number of hydrogen-bond donors (Lipinski definition) is 0. The summed E-state index contributed by atoms with van der Waals surface area (Å²) < 4.78 is 2.22. The molecule has 4 aromatic rings. The van der Waals surface area contributed by atoms with Gasteiger partial charge < -0.3 is 4.57 Å². The normalized spacial score (nSPS) is 10.7. The van der Waals surface area contributed by atoms with E-state index < -0.39 is 0 Å². The summed E-state index contributed by atoms with van der Waals surface area (Å²) in [5.41, 5.74) is 3.49. The van der Waals surface area contributed by atoms with Gasteiger partial charge in [-0.15, -0.1) is 10.2 Å². The Kier molecular flexibility index (Phi) is 4.38. The first kappa shape index (κ1) is 15.3. The van der Waals surface area contributed by atoms with Crippen LogP contribution in [-0.2, 0) is 13.0 Å². The summed E-state index contributed by atoms with van der Waals surface area (Å²) in [7, 11) is 0. The molecule has 0 spiro atoms. The molecule has 3 nitrogen and oxygen atoms in total. The first-order valence-electron chi connectivity index (χ1n) is 8.50. The summed E-state index contributed by atoms with van der Waals surface area (Å²) >= 11 is 0. The van der Waals surface area contributed by atoms with E-state index >= 15 is 0 Å². The van der Waals surface area contributed by atoms with Crippen LogP contribution in [0.3, 0.4) is 0 Å². The zero-order valence-electron chi connectivity index (χ0n) is 13.9. The Bertz CT molecular complexity index is 872. The van der Waals surface area contributed by atoms with Gasteiger partial charge in [0.25, 0.3) is 0 Å². The van der Waals surface area contributed by atoms with Crippen molar-refractivity contribution in [1.82, 2.24) is 14.8 Å². The fourth-order valence-corrected chi connectivity index (χ4v) is 3.00. The highest BCUT2D eigenvalue weighted by molar-refractivity contribution is 5.62. The van der Waals surface area contributed by atoms with E-state index in [0.717, 1.165) is 35.7 Å². The molecule has 0 amide bonds. The lowest BCUT2D eigenvalue weighted by atomic mass is 10.1. The molecule has 0 fully saturated rings. The highest BCUT2D eigenvalue weighted by Crippen LogP contribution is 2.24. The van der Waals surface area contributed by atoms with Crippen molar-refractivity contribution in [3.63, 3.8) is 0 Å². The molecule has 1 aromatic heterocycles. The van der Waals surface area contributed by atoms with E-state index in [-0.39, 0.29) is 0 Å². The van der Waals surface area contributed by atoms with E-state index in [2.05, 4.69) is 63.3 Å². The molecule has 122 valence electrons. The zero-order chi connectivity index (χ0) is 16.9. The third-order valence-corrected chi connectivity index (χ3v) is 4.28. The van der Waals surface area contributed by atoms with Gasteiger partial charge in [0, 0.05) is 17.7 Å². The number of hydrogen-bond acceptors (Lipinski definition) is 2. The minimum atomic E-state index is 0.839. The third kappa shape index (κ3) is 3.36. The number of nitrogens with zero attached hydrogens (tertiary/aromatic N) is 3. The molecular formula is C22H19N3. The van der Waals surface area contributed by atoms with Crippen LogP contribution >= 0.6 is 0 Å². The van der Waals surface area contributed by atoms with Gasteiger partial charge in [-0.1, -0.05) is 91.0 Å². The quantitative estimate of drug-likeness (QED) is 0.525. The van der Waals surface area contributed by atoms with Crippen molar-refractivity contribution in [1.29, 1.82) is 0 Å². The highest BCUT2D eigenvalue weighted by atomic mass is 15.3. The fourth-order valence-electron chi connectivity index (χ4n) is 3.00. The van der Waals surface area contributed by atoms with E-state index in [0.29, 0.717) is 0 Å². The van der Waals surface area contributed by atoms with Crippen molar-refractivity contribution in [2.45, 2.75) is 13.0 Å². The summed E-state index contributed by atoms with van der Waals surface area (Å²) in [5, 5.41) is 8.98. The average Bonchev–Trinajstić information content (AvgIpc) is 3.12. The third-order valence-electron chi connectivity index (χ3n) is 4.28. The molecular weight excluding hydrogens is 306 g/mol. The average molecular weight is 325 g/mol. The first-order valence-corrected chi connectivity index (χ1v) is 8.50. The molecule has 0 bridgehead atoms. The van der Waals surface area contributed by atoms with E-state index in [4.69, 9.17) is 0 Å². The SMILES string of the molecule is c1ccc(CCn2c(-c3ccccc3)nnc2-c2ccccc2)cc1. The molecule has 0 saturated carbocycles. The predicted octanol–water partition coefficient (Wildman–Crippen LogP) is 4.85. The molecule has 0 radical (unpaired) electrons. The lowest BCUT2D eigenvalue weighted by Gasteiger charge is -2.11. The second kappa shape index (κ2) is 7.14. The van der Waals surface area contributed by atoms with Gasteiger partial charge in [0.05, 0.1) is 0 Å². The molecule has 0 saturated heterocycles. The lowest BCUT2D eigenvalue weighted by molar-refractivity contribution is 0.707. The van der Waals surface area contributed by atoms with Crippen LogP contribution in [0, 0.1) is 0 Å². The van der Waals surface area contributed by atoms with Gasteiger partial charge in [0.2, 0.25) is 0 Å². The van der Waals surface area contributed by atoms with Crippen molar-refractivity contribution in [2.24, 2.45) is 0 Å². The van der Waals surface area contributed by atoms with E-state index in [9.17, 15) is 0 Å². The summed E-state index contributed by atoms with van der Waals surface area (Å²) in [6, 6.07) is 31.0. The van der Waals surface area contributed by atoms with Gasteiger partial charge in [-0.2, -0.15) is 0 Å². The lowest BCUT2D eigenvalue weighted by Crippen LogP contribution is -2.05. The van der Waals surface area contributed by atoms with Crippen molar-refractivity contribution >= 4 is 0 Å². The molecule has 0 N–H and O–H groups in total. The van der Waals surface area contributed by atoms with Crippen molar-refractivity contribution in [2.75, 3.05) is 0 Å². The molecule has 1 heterocycles. The molecule has 25 heavy (non-hydrogen) atoms. The molecule has 0 aliphatic heterocycles. The van der Waals surface area contributed by atoms with Crippen molar-refractivity contribution < 1.29 is 0 Å². The monoisotopic (exact) mass is 325 g/mol. The van der Waals surface area contributed by atoms with E-state index in [1.54, 1.807) is 0 Å². The number of aromatic nitrogens is 3. The standard InChI is InChI=1S/C22H19N3/c1-4-10-18(11-5-1)16-17-25-21(19-12-6-2-7-13-19)23-24-22(25)20-14-8-3-9-15-20/h1-15H,16-17H2. The Morgan fingerprint density at radius 1 is 0.560 bits per heavy atom.